The van der Waals surface area contributed by atoms with Crippen molar-refractivity contribution in [1.29, 1.82) is 0 Å². The fourth-order valence-corrected chi connectivity index (χ4v) is 1.61. The molecule has 0 spiro atoms. The number of nitrogens with zero attached hydrogens (tertiary/aromatic N) is 2. The van der Waals surface area contributed by atoms with Crippen LogP contribution in [0.15, 0.2) is 47.7 Å². The molecular weight excluding hydrogens is 238 g/mol. The predicted molar refractivity (Wildman–Crippen MR) is 75.2 cm³/mol. The number of pyridine rings is 1. The third-order valence-corrected chi connectivity index (χ3v) is 2.70. The van der Waals surface area contributed by atoms with Gasteiger partial charge in [0.1, 0.15) is 5.69 Å². The zero-order chi connectivity index (χ0) is 13.7. The smallest absolute Gasteiger partial charge is 0.266 e. The van der Waals surface area contributed by atoms with Crippen LogP contribution in [-0.2, 0) is 0 Å². The van der Waals surface area contributed by atoms with Gasteiger partial charge < -0.3 is 0 Å². The summed E-state index contributed by atoms with van der Waals surface area (Å²) in [4.78, 5) is 15.6. The molecule has 96 valence electrons. The van der Waals surface area contributed by atoms with Crippen LogP contribution in [0.3, 0.4) is 0 Å². The van der Waals surface area contributed by atoms with E-state index in [2.05, 4.69) is 15.5 Å². The van der Waals surface area contributed by atoms with E-state index in [-0.39, 0.29) is 5.91 Å². The molecule has 4 heteroatoms. The highest BCUT2D eigenvalue weighted by molar-refractivity contribution is 5.93. The van der Waals surface area contributed by atoms with Gasteiger partial charge in [-0.05, 0) is 37.1 Å². The van der Waals surface area contributed by atoms with Crippen molar-refractivity contribution in [2.75, 3.05) is 0 Å². The number of aromatic nitrogens is 1. The molecule has 4 nitrogen and oxygen atoms in total. The number of aryl methyl sites for hydroxylation is 2. The molecule has 0 radical (unpaired) electrons. The zero-order valence-corrected chi connectivity index (χ0v) is 10.9. The van der Waals surface area contributed by atoms with Crippen molar-refractivity contribution >= 4 is 12.1 Å². The first kappa shape index (κ1) is 13.0. The highest BCUT2D eigenvalue weighted by atomic mass is 16.2. The van der Waals surface area contributed by atoms with Crippen LogP contribution < -0.4 is 5.43 Å². The predicted octanol–water partition coefficient (Wildman–Crippen LogP) is 2.46. The Bertz CT molecular complexity index is 606. The summed E-state index contributed by atoms with van der Waals surface area (Å²) in [5.41, 5.74) is 6.07. The van der Waals surface area contributed by atoms with Crippen LogP contribution in [0.4, 0.5) is 0 Å². The summed E-state index contributed by atoms with van der Waals surface area (Å²) in [6.45, 7) is 4.02. The van der Waals surface area contributed by atoms with Gasteiger partial charge in [0.15, 0.2) is 0 Å². The molecule has 0 bridgehead atoms. The van der Waals surface area contributed by atoms with Crippen LogP contribution in [0, 0.1) is 13.8 Å². The fraction of sp³-hybridized carbons (Fsp3) is 0.133. The van der Waals surface area contributed by atoms with E-state index in [1.54, 1.807) is 30.6 Å². The van der Waals surface area contributed by atoms with E-state index in [0.29, 0.717) is 5.69 Å². The first-order valence-electron chi connectivity index (χ1n) is 5.98. The van der Waals surface area contributed by atoms with Gasteiger partial charge in [0.25, 0.3) is 5.91 Å². The van der Waals surface area contributed by atoms with Crippen LogP contribution in [-0.4, -0.2) is 17.1 Å². The quantitative estimate of drug-likeness (QED) is 0.674. The van der Waals surface area contributed by atoms with Gasteiger partial charge in [-0.3, -0.25) is 9.78 Å². The summed E-state index contributed by atoms with van der Waals surface area (Å²) in [6.07, 6.45) is 3.21. The molecule has 0 saturated carbocycles. The Kier molecular flexibility index (Phi) is 4.03. The lowest BCUT2D eigenvalue weighted by Crippen LogP contribution is -2.18. The second-order valence-electron chi connectivity index (χ2n) is 4.27. The summed E-state index contributed by atoms with van der Waals surface area (Å²) in [5.74, 6) is -0.317. The number of amides is 1. The second kappa shape index (κ2) is 5.91. The van der Waals surface area contributed by atoms with Crippen LogP contribution >= 0.6 is 0 Å². The Morgan fingerprint density at radius 3 is 2.84 bits per heavy atom. The SMILES string of the molecule is Cc1ccc(C)c(/C=N\NC(=O)c2ccccn2)c1. The molecular formula is C15H15N3O. The summed E-state index contributed by atoms with van der Waals surface area (Å²) in [5, 5.41) is 3.96. The maximum absolute atomic E-state index is 11.7. The van der Waals surface area contributed by atoms with Crippen molar-refractivity contribution in [3.05, 3.63) is 65.0 Å². The molecule has 0 aliphatic heterocycles. The van der Waals surface area contributed by atoms with Crippen LogP contribution in [0.2, 0.25) is 0 Å². The average Bonchev–Trinajstić information content (AvgIpc) is 2.43. The fourth-order valence-electron chi connectivity index (χ4n) is 1.61. The normalized spacial score (nSPS) is 10.6. The minimum atomic E-state index is -0.317. The van der Waals surface area contributed by atoms with Crippen LogP contribution in [0.1, 0.15) is 27.2 Å². The van der Waals surface area contributed by atoms with Gasteiger partial charge in [-0.1, -0.05) is 29.8 Å². The Balaban J connectivity index is 2.04. The van der Waals surface area contributed by atoms with E-state index in [0.717, 1.165) is 16.7 Å². The molecule has 0 unspecified atom stereocenters. The van der Waals surface area contributed by atoms with Crippen molar-refractivity contribution in [1.82, 2.24) is 10.4 Å². The largest absolute Gasteiger partial charge is 0.289 e. The summed E-state index contributed by atoms with van der Waals surface area (Å²) < 4.78 is 0. The molecule has 0 aliphatic carbocycles. The standard InChI is InChI=1S/C15H15N3O/c1-11-6-7-12(2)13(9-11)10-17-18-15(19)14-5-3-4-8-16-14/h3-10H,1-2H3,(H,18,19)/b17-10-. The number of hydrogen-bond donors (Lipinski definition) is 1. The Morgan fingerprint density at radius 2 is 2.11 bits per heavy atom. The number of rotatable bonds is 3. The molecule has 1 aromatic carbocycles. The first-order valence-corrected chi connectivity index (χ1v) is 5.98. The molecule has 0 atom stereocenters. The van der Waals surface area contributed by atoms with E-state index in [1.807, 2.05) is 32.0 Å². The number of nitrogens with one attached hydrogen (secondary N) is 1. The maximum atomic E-state index is 11.7. The van der Waals surface area contributed by atoms with Crippen molar-refractivity contribution in [3.8, 4) is 0 Å². The molecule has 0 aliphatic rings. The molecule has 0 saturated heterocycles. The Morgan fingerprint density at radius 1 is 1.26 bits per heavy atom. The first-order chi connectivity index (χ1) is 9.16. The van der Waals surface area contributed by atoms with E-state index in [9.17, 15) is 4.79 Å². The Labute approximate surface area is 112 Å². The number of hydrazone groups is 1. The lowest BCUT2D eigenvalue weighted by atomic mass is 10.1. The molecule has 2 rings (SSSR count). The molecule has 1 amide bonds. The van der Waals surface area contributed by atoms with Crippen LogP contribution in [0.5, 0.6) is 0 Å². The minimum absolute atomic E-state index is 0.317. The molecule has 1 heterocycles. The van der Waals surface area contributed by atoms with E-state index >= 15 is 0 Å². The van der Waals surface area contributed by atoms with Gasteiger partial charge in [0, 0.05) is 6.20 Å². The summed E-state index contributed by atoms with van der Waals surface area (Å²) >= 11 is 0. The van der Waals surface area contributed by atoms with Crippen molar-refractivity contribution in [2.45, 2.75) is 13.8 Å². The highest BCUT2D eigenvalue weighted by Gasteiger charge is 2.03. The lowest BCUT2D eigenvalue weighted by molar-refractivity contribution is 0.0950. The maximum Gasteiger partial charge on any atom is 0.289 e. The third kappa shape index (κ3) is 3.48. The van der Waals surface area contributed by atoms with Crippen LogP contribution in [0.25, 0.3) is 0 Å². The molecule has 19 heavy (non-hydrogen) atoms. The van der Waals surface area contributed by atoms with Gasteiger partial charge in [-0.2, -0.15) is 5.10 Å². The second-order valence-corrected chi connectivity index (χ2v) is 4.27. The highest BCUT2D eigenvalue weighted by Crippen LogP contribution is 2.07. The van der Waals surface area contributed by atoms with E-state index in [4.69, 9.17) is 0 Å². The average molecular weight is 253 g/mol. The topological polar surface area (TPSA) is 54.4 Å². The number of carbonyl (C=O) groups excluding carboxylic acids is 1. The van der Waals surface area contributed by atoms with Gasteiger partial charge in [-0.15, -0.1) is 0 Å². The van der Waals surface area contributed by atoms with Gasteiger partial charge in [0.2, 0.25) is 0 Å². The molecule has 1 aromatic heterocycles. The number of benzene rings is 1. The molecule has 1 N–H and O–H groups in total. The van der Waals surface area contributed by atoms with Crippen molar-refractivity contribution < 1.29 is 4.79 Å². The Hall–Kier alpha value is -2.49. The number of hydrogen-bond acceptors (Lipinski definition) is 3. The lowest BCUT2D eigenvalue weighted by Gasteiger charge is -2.01. The van der Waals surface area contributed by atoms with E-state index in [1.165, 1.54) is 0 Å². The summed E-state index contributed by atoms with van der Waals surface area (Å²) in [7, 11) is 0. The molecule has 0 fully saturated rings. The number of carbonyl (C=O) groups is 1. The van der Waals surface area contributed by atoms with Gasteiger partial charge in [0.05, 0.1) is 6.21 Å². The van der Waals surface area contributed by atoms with E-state index < -0.39 is 0 Å². The van der Waals surface area contributed by atoms with Crippen molar-refractivity contribution in [3.63, 3.8) is 0 Å². The van der Waals surface area contributed by atoms with Gasteiger partial charge in [-0.25, -0.2) is 5.43 Å². The molecule has 2 aromatic rings. The van der Waals surface area contributed by atoms with Gasteiger partial charge >= 0.3 is 0 Å². The summed E-state index contributed by atoms with van der Waals surface area (Å²) in [6, 6.07) is 11.2. The third-order valence-electron chi connectivity index (χ3n) is 2.70. The zero-order valence-electron chi connectivity index (χ0n) is 10.9. The van der Waals surface area contributed by atoms with Crippen molar-refractivity contribution in [2.24, 2.45) is 5.10 Å². The monoisotopic (exact) mass is 253 g/mol. The minimum Gasteiger partial charge on any atom is -0.266 e.